The molecule has 0 rings (SSSR count). The van der Waals surface area contributed by atoms with Crippen LogP contribution in [0, 0.1) is 5.92 Å². The summed E-state index contributed by atoms with van der Waals surface area (Å²) in [6, 6.07) is 0. The summed E-state index contributed by atoms with van der Waals surface area (Å²) in [4.78, 5) is 34.3. The van der Waals surface area contributed by atoms with Gasteiger partial charge in [0.1, 0.15) is 5.76 Å². The van der Waals surface area contributed by atoms with Crippen molar-refractivity contribution in [2.75, 3.05) is 0 Å². The van der Waals surface area contributed by atoms with Crippen LogP contribution in [0.25, 0.3) is 0 Å². The lowest BCUT2D eigenvalue weighted by Gasteiger charge is -2.14. The first kappa shape index (κ1) is 19.1. The lowest BCUT2D eigenvalue weighted by molar-refractivity contribution is -0.150. The summed E-state index contributed by atoms with van der Waals surface area (Å²) in [5.41, 5.74) is 0.869. The van der Waals surface area contributed by atoms with E-state index in [0.29, 0.717) is 12.2 Å². The third-order valence-corrected chi connectivity index (χ3v) is 2.72. The minimum atomic E-state index is -1.09. The van der Waals surface area contributed by atoms with E-state index in [2.05, 4.69) is 6.58 Å². The van der Waals surface area contributed by atoms with Crippen molar-refractivity contribution in [3.63, 3.8) is 0 Å². The molecule has 0 spiro atoms. The molecule has 0 saturated carbocycles. The molecule has 0 heterocycles. The number of ketones is 1. The van der Waals surface area contributed by atoms with Gasteiger partial charge in [0.25, 0.3) is 0 Å². The van der Waals surface area contributed by atoms with E-state index in [1.54, 1.807) is 13.8 Å². The Kier molecular flexibility index (Phi) is 9.01. The zero-order valence-electron chi connectivity index (χ0n) is 13.0. The molecule has 0 aliphatic rings. The summed E-state index contributed by atoms with van der Waals surface area (Å²) in [6.07, 6.45) is 2.75. The molecule has 0 amide bonds. The van der Waals surface area contributed by atoms with Crippen LogP contribution >= 0.6 is 0 Å². The highest BCUT2D eigenvalue weighted by atomic mass is 16.5. The number of carbonyl (C=O) groups excluding carboxylic acids is 2. The van der Waals surface area contributed by atoms with Crippen molar-refractivity contribution in [1.29, 1.82) is 0 Å². The van der Waals surface area contributed by atoms with Gasteiger partial charge in [0, 0.05) is 12.8 Å². The van der Waals surface area contributed by atoms with E-state index in [-0.39, 0.29) is 25.0 Å². The Labute approximate surface area is 125 Å². The quantitative estimate of drug-likeness (QED) is 0.380. The predicted octanol–water partition coefficient (Wildman–Crippen LogP) is 3.25. The molecule has 1 unspecified atom stereocenters. The van der Waals surface area contributed by atoms with Gasteiger partial charge in [-0.3, -0.25) is 14.4 Å². The molecule has 1 atom stereocenters. The molecule has 0 aromatic heterocycles. The SMILES string of the molecule is C=C(CCC)OC(=O)C(CCC(=O)C=C(C)C)CC(=O)O. The van der Waals surface area contributed by atoms with Gasteiger partial charge in [-0.2, -0.15) is 0 Å². The Hall–Kier alpha value is -1.91. The highest BCUT2D eigenvalue weighted by Crippen LogP contribution is 2.17. The van der Waals surface area contributed by atoms with Gasteiger partial charge in [-0.25, -0.2) is 0 Å². The fourth-order valence-electron chi connectivity index (χ4n) is 1.78. The number of carboxylic acid groups (broad SMARTS) is 1. The Balaban J connectivity index is 4.61. The van der Waals surface area contributed by atoms with Crippen LogP contribution in [0.4, 0.5) is 0 Å². The molecule has 0 aliphatic carbocycles. The molecule has 21 heavy (non-hydrogen) atoms. The van der Waals surface area contributed by atoms with Crippen molar-refractivity contribution < 1.29 is 24.2 Å². The summed E-state index contributed by atoms with van der Waals surface area (Å²) >= 11 is 0. The summed E-state index contributed by atoms with van der Waals surface area (Å²) in [5, 5.41) is 8.85. The number of rotatable bonds is 10. The average molecular weight is 296 g/mol. The average Bonchev–Trinajstić information content (AvgIpc) is 2.33. The van der Waals surface area contributed by atoms with Crippen molar-refractivity contribution >= 4 is 17.7 Å². The molecule has 0 saturated heterocycles. The Morgan fingerprint density at radius 1 is 1.24 bits per heavy atom. The van der Waals surface area contributed by atoms with Crippen LogP contribution in [0.1, 0.15) is 52.9 Å². The van der Waals surface area contributed by atoms with E-state index in [1.165, 1.54) is 6.08 Å². The lowest BCUT2D eigenvalue weighted by Crippen LogP contribution is -2.21. The summed E-state index contributed by atoms with van der Waals surface area (Å²) in [7, 11) is 0. The van der Waals surface area contributed by atoms with Gasteiger partial charge in [0.15, 0.2) is 5.78 Å². The molecular formula is C16H24O5. The molecule has 0 radical (unpaired) electrons. The summed E-state index contributed by atoms with van der Waals surface area (Å²) < 4.78 is 5.04. The number of ether oxygens (including phenoxy) is 1. The highest BCUT2D eigenvalue weighted by Gasteiger charge is 2.24. The van der Waals surface area contributed by atoms with Gasteiger partial charge in [-0.1, -0.05) is 19.1 Å². The van der Waals surface area contributed by atoms with E-state index in [0.717, 1.165) is 12.0 Å². The molecule has 0 aromatic rings. The van der Waals surface area contributed by atoms with Crippen molar-refractivity contribution in [3.05, 3.63) is 24.0 Å². The molecule has 1 N–H and O–H groups in total. The maximum absolute atomic E-state index is 11.9. The lowest BCUT2D eigenvalue weighted by atomic mass is 9.97. The Morgan fingerprint density at radius 3 is 2.33 bits per heavy atom. The van der Waals surface area contributed by atoms with E-state index < -0.39 is 17.9 Å². The Morgan fingerprint density at radius 2 is 1.86 bits per heavy atom. The standard InChI is InChI=1S/C16H24O5/c1-5-6-12(4)21-16(20)13(10-15(18)19)7-8-14(17)9-11(2)3/h9,13H,4-8,10H2,1-3H3,(H,18,19). The molecule has 118 valence electrons. The molecule has 0 fully saturated rings. The van der Waals surface area contributed by atoms with Crippen molar-refractivity contribution in [2.45, 2.75) is 52.9 Å². The van der Waals surface area contributed by atoms with Gasteiger partial charge >= 0.3 is 11.9 Å². The van der Waals surface area contributed by atoms with Crippen molar-refractivity contribution in [3.8, 4) is 0 Å². The normalized spacial score (nSPS) is 11.4. The van der Waals surface area contributed by atoms with Gasteiger partial charge < -0.3 is 9.84 Å². The van der Waals surface area contributed by atoms with Crippen LogP contribution in [0.3, 0.4) is 0 Å². The number of hydrogen-bond acceptors (Lipinski definition) is 4. The topological polar surface area (TPSA) is 80.7 Å². The predicted molar refractivity (Wildman–Crippen MR) is 79.6 cm³/mol. The van der Waals surface area contributed by atoms with E-state index in [9.17, 15) is 14.4 Å². The zero-order chi connectivity index (χ0) is 16.4. The number of hydrogen-bond donors (Lipinski definition) is 1. The van der Waals surface area contributed by atoms with Crippen molar-refractivity contribution in [2.24, 2.45) is 5.92 Å². The van der Waals surface area contributed by atoms with Gasteiger partial charge in [-0.15, -0.1) is 0 Å². The fraction of sp³-hybridized carbons (Fsp3) is 0.562. The maximum atomic E-state index is 11.9. The summed E-state index contributed by atoms with van der Waals surface area (Å²) in [6.45, 7) is 9.14. The maximum Gasteiger partial charge on any atom is 0.314 e. The number of carboxylic acids is 1. The Bertz CT molecular complexity index is 430. The smallest absolute Gasteiger partial charge is 0.314 e. The minimum Gasteiger partial charge on any atom is -0.481 e. The minimum absolute atomic E-state index is 0.120. The first-order valence-electron chi connectivity index (χ1n) is 7.05. The van der Waals surface area contributed by atoms with Crippen molar-refractivity contribution in [1.82, 2.24) is 0 Å². The van der Waals surface area contributed by atoms with Crippen LogP contribution in [0.5, 0.6) is 0 Å². The third kappa shape index (κ3) is 9.60. The van der Waals surface area contributed by atoms with E-state index in [1.807, 2.05) is 6.92 Å². The number of carbonyl (C=O) groups is 3. The van der Waals surface area contributed by atoms with Gasteiger partial charge in [0.05, 0.1) is 12.3 Å². The molecule has 0 bridgehead atoms. The first-order chi connectivity index (χ1) is 9.76. The number of esters is 1. The van der Waals surface area contributed by atoms with Crippen LogP contribution in [0.2, 0.25) is 0 Å². The van der Waals surface area contributed by atoms with Crippen LogP contribution in [-0.4, -0.2) is 22.8 Å². The fourth-order valence-corrected chi connectivity index (χ4v) is 1.78. The molecule has 0 aliphatic heterocycles. The monoisotopic (exact) mass is 296 g/mol. The zero-order valence-corrected chi connectivity index (χ0v) is 13.0. The second-order valence-corrected chi connectivity index (χ2v) is 5.23. The number of aliphatic carboxylic acids is 1. The van der Waals surface area contributed by atoms with Crippen LogP contribution in [0.15, 0.2) is 24.0 Å². The van der Waals surface area contributed by atoms with Crippen LogP contribution in [-0.2, 0) is 19.1 Å². The number of allylic oxidation sites excluding steroid dienone is 3. The molecular weight excluding hydrogens is 272 g/mol. The molecule has 5 heteroatoms. The van der Waals surface area contributed by atoms with E-state index >= 15 is 0 Å². The van der Waals surface area contributed by atoms with Gasteiger partial charge in [-0.05, 0) is 32.8 Å². The third-order valence-electron chi connectivity index (χ3n) is 2.72. The summed E-state index contributed by atoms with van der Waals surface area (Å²) in [5.74, 6) is -2.33. The molecule has 0 aromatic carbocycles. The second kappa shape index (κ2) is 9.91. The van der Waals surface area contributed by atoms with E-state index in [4.69, 9.17) is 9.84 Å². The van der Waals surface area contributed by atoms with Crippen LogP contribution < -0.4 is 0 Å². The van der Waals surface area contributed by atoms with Gasteiger partial charge in [0.2, 0.25) is 0 Å². The second-order valence-electron chi connectivity index (χ2n) is 5.23. The molecule has 5 nitrogen and oxygen atoms in total. The largest absolute Gasteiger partial charge is 0.481 e. The highest BCUT2D eigenvalue weighted by molar-refractivity contribution is 5.90. The first-order valence-corrected chi connectivity index (χ1v) is 7.05.